The molecule has 0 aliphatic heterocycles. The van der Waals surface area contributed by atoms with Gasteiger partial charge in [0.05, 0.1) is 4.92 Å². The van der Waals surface area contributed by atoms with Gasteiger partial charge < -0.3 is 15.7 Å². The molecule has 1 fully saturated rings. The predicted octanol–water partition coefficient (Wildman–Crippen LogP) is 1.37. The molecule has 1 unspecified atom stereocenters. The van der Waals surface area contributed by atoms with Gasteiger partial charge in [0.2, 0.25) is 0 Å². The lowest BCUT2D eigenvalue weighted by Gasteiger charge is -2.12. The molecule has 1 aromatic rings. The number of nitro benzene ring substituents is 1. The Bertz CT molecular complexity index is 597. The summed E-state index contributed by atoms with van der Waals surface area (Å²) in [5.41, 5.74) is -0.0773. The number of benzene rings is 1. The van der Waals surface area contributed by atoms with Gasteiger partial charge in [-0.2, -0.15) is 0 Å². The maximum atomic E-state index is 11.9. The van der Waals surface area contributed by atoms with Gasteiger partial charge in [-0.05, 0) is 31.9 Å². The van der Waals surface area contributed by atoms with E-state index in [1.54, 1.807) is 0 Å². The minimum Gasteiger partial charge on any atom is -0.480 e. The van der Waals surface area contributed by atoms with Gasteiger partial charge in [-0.1, -0.05) is 0 Å². The molecule has 0 heterocycles. The summed E-state index contributed by atoms with van der Waals surface area (Å²) in [5, 5.41) is 25.2. The average Bonchev–Trinajstić information content (AvgIpc) is 3.22. The molecule has 0 radical (unpaired) electrons. The fourth-order valence-corrected chi connectivity index (χ4v) is 1.74. The number of carbonyl (C=O) groups is 2. The Kier molecular flexibility index (Phi) is 4.06. The largest absolute Gasteiger partial charge is 0.480 e. The van der Waals surface area contributed by atoms with Crippen LogP contribution in [0, 0.1) is 10.1 Å². The van der Waals surface area contributed by atoms with E-state index in [9.17, 15) is 19.7 Å². The first-order valence-electron chi connectivity index (χ1n) is 6.47. The van der Waals surface area contributed by atoms with Gasteiger partial charge >= 0.3 is 5.97 Å². The molecule has 8 heteroatoms. The van der Waals surface area contributed by atoms with Crippen molar-refractivity contribution in [2.24, 2.45) is 0 Å². The molecule has 21 heavy (non-hydrogen) atoms. The van der Waals surface area contributed by atoms with Crippen molar-refractivity contribution in [3.05, 3.63) is 33.9 Å². The molecule has 112 valence electrons. The zero-order valence-electron chi connectivity index (χ0n) is 11.3. The van der Waals surface area contributed by atoms with Crippen molar-refractivity contribution in [1.82, 2.24) is 5.32 Å². The highest BCUT2D eigenvalue weighted by Gasteiger charge is 2.25. The monoisotopic (exact) mass is 293 g/mol. The minimum atomic E-state index is -1.13. The number of amides is 1. The van der Waals surface area contributed by atoms with Crippen LogP contribution < -0.4 is 10.6 Å². The summed E-state index contributed by atoms with van der Waals surface area (Å²) in [5.74, 6) is -1.49. The highest BCUT2D eigenvalue weighted by Crippen LogP contribution is 2.27. The highest BCUT2D eigenvalue weighted by atomic mass is 16.6. The third kappa shape index (κ3) is 3.68. The summed E-state index contributed by atoms with van der Waals surface area (Å²) in [6, 6.07) is 3.10. The van der Waals surface area contributed by atoms with Gasteiger partial charge in [0.15, 0.2) is 0 Å². The lowest BCUT2D eigenvalue weighted by Crippen LogP contribution is -2.27. The van der Waals surface area contributed by atoms with Gasteiger partial charge in [-0.15, -0.1) is 0 Å². The lowest BCUT2D eigenvalue weighted by molar-refractivity contribution is -0.384. The number of nitro groups is 1. The van der Waals surface area contributed by atoms with Crippen molar-refractivity contribution in [1.29, 1.82) is 0 Å². The topological polar surface area (TPSA) is 122 Å². The van der Waals surface area contributed by atoms with Crippen LogP contribution in [-0.4, -0.2) is 34.0 Å². The summed E-state index contributed by atoms with van der Waals surface area (Å²) in [6.45, 7) is 1.37. The van der Waals surface area contributed by atoms with Crippen molar-refractivity contribution in [3.63, 3.8) is 0 Å². The summed E-state index contributed by atoms with van der Waals surface area (Å²) in [7, 11) is 0. The number of hydrogen-bond acceptors (Lipinski definition) is 5. The second kappa shape index (κ2) is 5.78. The third-order valence-electron chi connectivity index (χ3n) is 3.11. The van der Waals surface area contributed by atoms with Gasteiger partial charge in [0, 0.05) is 17.7 Å². The van der Waals surface area contributed by atoms with Crippen LogP contribution in [0.5, 0.6) is 0 Å². The van der Waals surface area contributed by atoms with Crippen LogP contribution in [0.1, 0.15) is 30.1 Å². The van der Waals surface area contributed by atoms with E-state index in [1.165, 1.54) is 19.1 Å². The first kappa shape index (κ1) is 14.8. The Morgan fingerprint density at radius 2 is 2.10 bits per heavy atom. The molecule has 1 aromatic carbocycles. The molecule has 0 spiro atoms. The number of nitrogens with one attached hydrogen (secondary N) is 2. The Balaban J connectivity index is 2.23. The van der Waals surface area contributed by atoms with Crippen molar-refractivity contribution in [2.45, 2.75) is 31.8 Å². The van der Waals surface area contributed by atoms with Crippen LogP contribution in [-0.2, 0) is 4.79 Å². The van der Waals surface area contributed by atoms with E-state index in [2.05, 4.69) is 10.6 Å². The highest BCUT2D eigenvalue weighted by molar-refractivity contribution is 5.96. The van der Waals surface area contributed by atoms with Crippen LogP contribution >= 0.6 is 0 Å². The van der Waals surface area contributed by atoms with E-state index in [1.807, 2.05) is 0 Å². The first-order valence-corrected chi connectivity index (χ1v) is 6.47. The molecule has 1 amide bonds. The Morgan fingerprint density at radius 3 is 2.62 bits per heavy atom. The van der Waals surface area contributed by atoms with Crippen molar-refractivity contribution in [2.75, 3.05) is 5.32 Å². The predicted molar refractivity (Wildman–Crippen MR) is 74.3 cm³/mol. The number of carboxylic acids is 1. The number of carboxylic acid groups (broad SMARTS) is 1. The molecule has 0 bridgehead atoms. The van der Waals surface area contributed by atoms with Crippen molar-refractivity contribution in [3.8, 4) is 0 Å². The van der Waals surface area contributed by atoms with Crippen LogP contribution in [0.3, 0.4) is 0 Å². The maximum Gasteiger partial charge on any atom is 0.325 e. The second-order valence-corrected chi connectivity index (χ2v) is 4.94. The van der Waals surface area contributed by atoms with Crippen molar-refractivity contribution < 1.29 is 19.6 Å². The summed E-state index contributed by atoms with van der Waals surface area (Å²) < 4.78 is 0. The molecule has 3 N–H and O–H groups in total. The molecule has 1 atom stereocenters. The van der Waals surface area contributed by atoms with E-state index in [0.29, 0.717) is 0 Å². The van der Waals surface area contributed by atoms with Gasteiger partial charge in [0.25, 0.3) is 11.6 Å². The molecule has 1 aliphatic carbocycles. The molecule has 1 aliphatic rings. The van der Waals surface area contributed by atoms with Gasteiger partial charge in [-0.25, -0.2) is 0 Å². The van der Waals surface area contributed by atoms with Crippen LogP contribution in [0.15, 0.2) is 18.2 Å². The number of hydrogen-bond donors (Lipinski definition) is 3. The first-order chi connectivity index (χ1) is 9.88. The number of carbonyl (C=O) groups excluding carboxylic acids is 1. The summed E-state index contributed by atoms with van der Waals surface area (Å²) >= 11 is 0. The fraction of sp³-hybridized carbons (Fsp3) is 0.385. The third-order valence-corrected chi connectivity index (χ3v) is 3.11. The quantitative estimate of drug-likeness (QED) is 0.538. The average molecular weight is 293 g/mol. The van der Waals surface area contributed by atoms with Crippen molar-refractivity contribution >= 4 is 23.3 Å². The van der Waals surface area contributed by atoms with Crippen LogP contribution in [0.4, 0.5) is 11.4 Å². The Morgan fingerprint density at radius 1 is 1.43 bits per heavy atom. The zero-order valence-corrected chi connectivity index (χ0v) is 11.3. The molecule has 2 rings (SSSR count). The van der Waals surface area contributed by atoms with Crippen LogP contribution in [0.2, 0.25) is 0 Å². The molecule has 0 aromatic heterocycles. The molecule has 1 saturated carbocycles. The SMILES string of the molecule is CC(Nc1ccc(C(=O)NC2CC2)cc1[N+](=O)[O-])C(=O)O. The number of anilines is 1. The normalized spacial score (nSPS) is 15.1. The van der Waals surface area contributed by atoms with Gasteiger partial charge in [0.1, 0.15) is 11.7 Å². The fourth-order valence-electron chi connectivity index (χ4n) is 1.74. The number of nitrogens with zero attached hydrogens (tertiary/aromatic N) is 1. The Labute approximate surface area is 120 Å². The van der Waals surface area contributed by atoms with E-state index >= 15 is 0 Å². The smallest absolute Gasteiger partial charge is 0.325 e. The molecular formula is C13H15N3O5. The van der Waals surface area contributed by atoms with Gasteiger partial charge in [-0.3, -0.25) is 19.7 Å². The summed E-state index contributed by atoms with van der Waals surface area (Å²) in [4.78, 5) is 33.1. The molecule has 8 nitrogen and oxygen atoms in total. The second-order valence-electron chi connectivity index (χ2n) is 4.94. The van der Waals surface area contributed by atoms with E-state index in [0.717, 1.165) is 18.9 Å². The minimum absolute atomic E-state index is 0.0675. The van der Waals surface area contributed by atoms with Crippen LogP contribution in [0.25, 0.3) is 0 Å². The molecular weight excluding hydrogens is 278 g/mol. The number of aliphatic carboxylic acids is 1. The van der Waals surface area contributed by atoms with E-state index in [-0.39, 0.29) is 28.9 Å². The van der Waals surface area contributed by atoms with E-state index in [4.69, 9.17) is 5.11 Å². The standard InChI is InChI=1S/C13H15N3O5/c1-7(13(18)19)14-10-5-2-8(6-11(10)16(20)21)12(17)15-9-3-4-9/h2,5-7,9,14H,3-4H2,1H3,(H,15,17)(H,18,19). The lowest BCUT2D eigenvalue weighted by atomic mass is 10.1. The number of rotatable bonds is 6. The van der Waals surface area contributed by atoms with E-state index < -0.39 is 16.9 Å². The Hall–Kier alpha value is -2.64. The zero-order chi connectivity index (χ0) is 15.6. The summed E-state index contributed by atoms with van der Waals surface area (Å²) in [6.07, 6.45) is 1.84. The maximum absolute atomic E-state index is 11.9. The molecule has 0 saturated heterocycles.